The van der Waals surface area contributed by atoms with E-state index in [1.54, 1.807) is 6.07 Å². The highest BCUT2D eigenvalue weighted by Crippen LogP contribution is 2.24. The van der Waals surface area contributed by atoms with Gasteiger partial charge in [-0.15, -0.1) is 0 Å². The van der Waals surface area contributed by atoms with Crippen LogP contribution in [0.2, 0.25) is 5.02 Å². The van der Waals surface area contributed by atoms with Crippen molar-refractivity contribution in [3.05, 3.63) is 40.2 Å². The molecule has 5 nitrogen and oxygen atoms in total. The number of fused-ring (bicyclic) bond motifs is 1. The van der Waals surface area contributed by atoms with Gasteiger partial charge in [0.2, 0.25) is 5.95 Å². The van der Waals surface area contributed by atoms with Gasteiger partial charge in [-0.1, -0.05) is 16.8 Å². The number of anilines is 1. The molecule has 6 heteroatoms. The number of aryl methyl sites for hydroxylation is 2. The van der Waals surface area contributed by atoms with Crippen LogP contribution in [0.15, 0.2) is 22.7 Å². The summed E-state index contributed by atoms with van der Waals surface area (Å²) >= 11 is 6.03. The second-order valence-corrected chi connectivity index (χ2v) is 4.93. The molecule has 0 aliphatic heterocycles. The van der Waals surface area contributed by atoms with E-state index < -0.39 is 0 Å². The van der Waals surface area contributed by atoms with Crippen molar-refractivity contribution in [3.8, 4) is 0 Å². The van der Waals surface area contributed by atoms with E-state index in [0.29, 0.717) is 17.5 Å². The monoisotopic (exact) mass is 276 g/mol. The molecule has 2 aromatic heterocycles. The maximum absolute atomic E-state index is 6.03. The molecule has 0 saturated heterocycles. The van der Waals surface area contributed by atoms with Gasteiger partial charge in [-0.05, 0) is 32.0 Å². The number of halogens is 1. The summed E-state index contributed by atoms with van der Waals surface area (Å²) < 4.78 is 7.08. The van der Waals surface area contributed by atoms with E-state index in [4.69, 9.17) is 21.9 Å². The summed E-state index contributed by atoms with van der Waals surface area (Å²) in [6.45, 7) is 4.37. The Morgan fingerprint density at radius 1 is 1.37 bits per heavy atom. The van der Waals surface area contributed by atoms with Gasteiger partial charge in [0, 0.05) is 10.6 Å². The minimum atomic E-state index is 0.456. The summed E-state index contributed by atoms with van der Waals surface area (Å²) in [5, 5.41) is 4.61. The summed E-state index contributed by atoms with van der Waals surface area (Å²) in [5.74, 6) is 1.25. The number of hydrogen-bond acceptors (Lipinski definition) is 4. The molecule has 19 heavy (non-hydrogen) atoms. The molecule has 1 aromatic carbocycles. The van der Waals surface area contributed by atoms with Crippen LogP contribution in [0.3, 0.4) is 0 Å². The predicted molar refractivity (Wildman–Crippen MR) is 74.2 cm³/mol. The maximum Gasteiger partial charge on any atom is 0.201 e. The Balaban J connectivity index is 2.15. The number of nitrogens with zero attached hydrogens (tertiary/aromatic N) is 3. The second-order valence-electron chi connectivity index (χ2n) is 4.49. The number of nitrogens with two attached hydrogens (primary N) is 1. The van der Waals surface area contributed by atoms with Crippen molar-refractivity contribution in [1.29, 1.82) is 0 Å². The van der Waals surface area contributed by atoms with Crippen LogP contribution in [-0.2, 0) is 6.54 Å². The highest BCUT2D eigenvalue weighted by atomic mass is 35.5. The molecule has 0 spiro atoms. The minimum absolute atomic E-state index is 0.456. The van der Waals surface area contributed by atoms with Crippen molar-refractivity contribution in [2.45, 2.75) is 20.4 Å². The van der Waals surface area contributed by atoms with E-state index in [1.165, 1.54) is 0 Å². The molecule has 0 bridgehead atoms. The average Bonchev–Trinajstić information content (AvgIpc) is 2.84. The number of aromatic nitrogens is 3. The first-order valence-corrected chi connectivity index (χ1v) is 6.27. The van der Waals surface area contributed by atoms with Gasteiger partial charge in [0.15, 0.2) is 0 Å². The van der Waals surface area contributed by atoms with Gasteiger partial charge in [-0.3, -0.25) is 0 Å². The molecular weight excluding hydrogens is 264 g/mol. The third-order valence-electron chi connectivity index (χ3n) is 3.24. The average molecular weight is 277 g/mol. The Morgan fingerprint density at radius 3 is 2.84 bits per heavy atom. The van der Waals surface area contributed by atoms with Crippen molar-refractivity contribution >= 4 is 28.6 Å². The van der Waals surface area contributed by atoms with Crippen molar-refractivity contribution < 1.29 is 4.52 Å². The van der Waals surface area contributed by atoms with Crippen molar-refractivity contribution in [3.63, 3.8) is 0 Å². The topological polar surface area (TPSA) is 69.9 Å². The fourth-order valence-corrected chi connectivity index (χ4v) is 2.33. The largest absolute Gasteiger partial charge is 0.369 e. The summed E-state index contributed by atoms with van der Waals surface area (Å²) in [6, 6.07) is 5.52. The number of imidazole rings is 1. The van der Waals surface area contributed by atoms with Crippen LogP contribution in [0.25, 0.3) is 11.0 Å². The smallest absolute Gasteiger partial charge is 0.201 e. The van der Waals surface area contributed by atoms with Gasteiger partial charge in [0.25, 0.3) is 0 Å². The Labute approximate surface area is 115 Å². The minimum Gasteiger partial charge on any atom is -0.369 e. The van der Waals surface area contributed by atoms with E-state index in [9.17, 15) is 0 Å². The highest BCUT2D eigenvalue weighted by molar-refractivity contribution is 6.31. The fourth-order valence-electron chi connectivity index (χ4n) is 2.17. The van der Waals surface area contributed by atoms with E-state index >= 15 is 0 Å². The normalized spacial score (nSPS) is 11.3. The summed E-state index contributed by atoms with van der Waals surface area (Å²) in [6.07, 6.45) is 0. The standard InChI is InChI=1S/C13H13ClN4O/c1-7-10(8(2)19-17-7)6-18-12-5-9(14)3-4-11(12)16-13(18)15/h3-5H,6H2,1-2H3,(H2,15,16). The number of rotatable bonds is 2. The molecule has 98 valence electrons. The zero-order valence-corrected chi connectivity index (χ0v) is 11.4. The molecule has 0 radical (unpaired) electrons. The Kier molecular flexibility index (Phi) is 2.71. The summed E-state index contributed by atoms with van der Waals surface area (Å²) in [7, 11) is 0. The lowest BCUT2D eigenvalue weighted by Crippen LogP contribution is -2.05. The van der Waals surface area contributed by atoms with Crippen molar-refractivity contribution in [2.75, 3.05) is 5.73 Å². The molecule has 0 unspecified atom stereocenters. The van der Waals surface area contributed by atoms with Gasteiger partial charge in [0.1, 0.15) is 5.76 Å². The summed E-state index contributed by atoms with van der Waals surface area (Å²) in [5.41, 5.74) is 9.59. The number of benzene rings is 1. The lowest BCUT2D eigenvalue weighted by Gasteiger charge is -2.06. The fraction of sp³-hybridized carbons (Fsp3) is 0.231. The second kappa shape index (κ2) is 4.28. The summed E-state index contributed by atoms with van der Waals surface area (Å²) in [4.78, 5) is 4.33. The van der Waals surface area contributed by atoms with Crippen LogP contribution < -0.4 is 5.73 Å². The first kappa shape index (κ1) is 12.0. The number of hydrogen-bond donors (Lipinski definition) is 1. The number of nitrogen functional groups attached to an aromatic ring is 1. The molecule has 0 saturated carbocycles. The Morgan fingerprint density at radius 2 is 2.16 bits per heavy atom. The third-order valence-corrected chi connectivity index (χ3v) is 3.47. The van der Waals surface area contributed by atoms with Gasteiger partial charge in [-0.2, -0.15) is 0 Å². The molecule has 2 N–H and O–H groups in total. The van der Waals surface area contributed by atoms with Gasteiger partial charge < -0.3 is 14.8 Å². The van der Waals surface area contributed by atoms with Gasteiger partial charge >= 0.3 is 0 Å². The predicted octanol–water partition coefficient (Wildman–Crippen LogP) is 2.93. The molecule has 0 aliphatic rings. The van der Waals surface area contributed by atoms with E-state index in [-0.39, 0.29) is 0 Å². The molecule has 0 atom stereocenters. The molecule has 0 aliphatic carbocycles. The lowest BCUT2D eigenvalue weighted by molar-refractivity contribution is 0.392. The molecule has 2 heterocycles. The van der Waals surface area contributed by atoms with Crippen LogP contribution in [0.1, 0.15) is 17.0 Å². The molecule has 3 rings (SSSR count). The molecular formula is C13H13ClN4O. The van der Waals surface area contributed by atoms with E-state index in [1.807, 2.05) is 30.5 Å². The van der Waals surface area contributed by atoms with Gasteiger partial charge in [-0.25, -0.2) is 4.98 Å². The SMILES string of the molecule is Cc1noc(C)c1Cn1c(N)nc2ccc(Cl)cc21. The lowest BCUT2D eigenvalue weighted by atomic mass is 10.2. The van der Waals surface area contributed by atoms with Crippen molar-refractivity contribution in [1.82, 2.24) is 14.7 Å². The first-order chi connectivity index (χ1) is 9.06. The Bertz CT molecular complexity index is 740. The van der Waals surface area contributed by atoms with Crippen LogP contribution in [0.4, 0.5) is 5.95 Å². The van der Waals surface area contributed by atoms with Gasteiger partial charge in [0.05, 0.1) is 23.3 Å². The van der Waals surface area contributed by atoms with E-state index in [2.05, 4.69) is 10.1 Å². The molecule has 0 fully saturated rings. The maximum atomic E-state index is 6.03. The zero-order valence-electron chi connectivity index (χ0n) is 10.6. The van der Waals surface area contributed by atoms with Crippen LogP contribution in [-0.4, -0.2) is 14.7 Å². The zero-order chi connectivity index (χ0) is 13.6. The van der Waals surface area contributed by atoms with Crippen LogP contribution in [0, 0.1) is 13.8 Å². The third kappa shape index (κ3) is 1.96. The molecule has 3 aromatic rings. The Hall–Kier alpha value is -2.01. The quantitative estimate of drug-likeness (QED) is 0.781. The molecule has 0 amide bonds. The van der Waals surface area contributed by atoms with Crippen LogP contribution in [0.5, 0.6) is 0 Å². The van der Waals surface area contributed by atoms with Crippen molar-refractivity contribution in [2.24, 2.45) is 0 Å². The first-order valence-electron chi connectivity index (χ1n) is 5.89. The highest BCUT2D eigenvalue weighted by Gasteiger charge is 2.14. The van der Waals surface area contributed by atoms with E-state index in [0.717, 1.165) is 28.1 Å². The van der Waals surface area contributed by atoms with Crippen LogP contribution >= 0.6 is 11.6 Å².